The van der Waals surface area contributed by atoms with Gasteiger partial charge >= 0.3 is 5.97 Å². The van der Waals surface area contributed by atoms with E-state index in [1.54, 1.807) is 0 Å². The quantitative estimate of drug-likeness (QED) is 0.796. The molecule has 1 N–H and O–H groups in total. The number of thioether (sulfide) groups is 1. The lowest BCUT2D eigenvalue weighted by Crippen LogP contribution is -2.50. The van der Waals surface area contributed by atoms with Crippen molar-refractivity contribution in [2.24, 2.45) is 0 Å². The Labute approximate surface area is 122 Å². The normalized spacial score (nSPS) is 21.2. The summed E-state index contributed by atoms with van der Waals surface area (Å²) in [7, 11) is 4.23. The summed E-state index contributed by atoms with van der Waals surface area (Å²) in [6.45, 7) is 3.12. The number of hydrogen-bond donors (Lipinski definition) is 1. The van der Waals surface area contributed by atoms with Gasteiger partial charge in [-0.05, 0) is 14.1 Å². The molecule has 1 aromatic heterocycles. The van der Waals surface area contributed by atoms with Crippen molar-refractivity contribution in [3.63, 3.8) is 0 Å². The fraction of sp³-hybridized carbons (Fsp3) is 0.750. The molecule has 20 heavy (non-hydrogen) atoms. The Bertz CT molecular complexity index is 454. The zero-order valence-electron chi connectivity index (χ0n) is 11.8. The van der Waals surface area contributed by atoms with Crippen LogP contribution in [0, 0.1) is 0 Å². The molecule has 0 aliphatic carbocycles. The lowest BCUT2D eigenvalue weighted by molar-refractivity contribution is -0.133. The van der Waals surface area contributed by atoms with Crippen molar-refractivity contribution in [3.8, 4) is 0 Å². The van der Waals surface area contributed by atoms with Crippen molar-refractivity contribution < 1.29 is 14.4 Å². The molecule has 2 rings (SSSR count). The molecule has 2 heterocycles. The van der Waals surface area contributed by atoms with E-state index < -0.39 is 5.97 Å². The molecular weight excluding hydrogens is 280 g/mol. The summed E-state index contributed by atoms with van der Waals surface area (Å²) < 4.78 is 5.14. The van der Waals surface area contributed by atoms with Crippen LogP contribution in [0.5, 0.6) is 0 Å². The third kappa shape index (κ3) is 4.46. The number of carboxylic acid groups (broad SMARTS) is 1. The van der Waals surface area contributed by atoms with Gasteiger partial charge in [0, 0.05) is 32.1 Å². The van der Waals surface area contributed by atoms with Crippen molar-refractivity contribution in [1.29, 1.82) is 0 Å². The smallest absolute Gasteiger partial charge is 0.313 e. The van der Waals surface area contributed by atoms with Crippen LogP contribution in [0.3, 0.4) is 0 Å². The summed E-state index contributed by atoms with van der Waals surface area (Å²) in [4.78, 5) is 19.4. The van der Waals surface area contributed by atoms with Crippen LogP contribution >= 0.6 is 11.8 Å². The van der Waals surface area contributed by atoms with Crippen molar-refractivity contribution in [3.05, 3.63) is 11.7 Å². The summed E-state index contributed by atoms with van der Waals surface area (Å²) in [6, 6.07) is 0.394. The van der Waals surface area contributed by atoms with Crippen LogP contribution in [-0.2, 0) is 17.0 Å². The molecule has 0 radical (unpaired) electrons. The number of carbonyl (C=O) groups is 1. The van der Waals surface area contributed by atoms with E-state index in [2.05, 4.69) is 34.0 Å². The van der Waals surface area contributed by atoms with Gasteiger partial charge in [-0.1, -0.05) is 5.16 Å². The van der Waals surface area contributed by atoms with Gasteiger partial charge in [-0.2, -0.15) is 4.98 Å². The van der Waals surface area contributed by atoms with E-state index in [0.717, 1.165) is 26.1 Å². The maximum absolute atomic E-state index is 10.4. The van der Waals surface area contributed by atoms with Crippen LogP contribution in [-0.4, -0.2) is 76.5 Å². The van der Waals surface area contributed by atoms with E-state index in [1.165, 1.54) is 11.8 Å². The van der Waals surface area contributed by atoms with Gasteiger partial charge in [0.15, 0.2) is 5.82 Å². The molecule has 0 bridgehead atoms. The summed E-state index contributed by atoms with van der Waals surface area (Å²) in [5.41, 5.74) is 0. The van der Waals surface area contributed by atoms with Crippen molar-refractivity contribution in [1.82, 2.24) is 19.9 Å². The third-order valence-corrected chi connectivity index (χ3v) is 4.26. The lowest BCUT2D eigenvalue weighted by Gasteiger charge is -2.37. The van der Waals surface area contributed by atoms with Crippen molar-refractivity contribution in [2.45, 2.75) is 18.2 Å². The molecule has 1 aliphatic rings. The Balaban J connectivity index is 1.84. The Morgan fingerprint density at radius 1 is 1.50 bits per heavy atom. The number of hydrogen-bond acceptors (Lipinski definition) is 7. The van der Waals surface area contributed by atoms with Crippen LogP contribution in [0.25, 0.3) is 0 Å². The molecule has 0 spiro atoms. The maximum atomic E-state index is 10.4. The van der Waals surface area contributed by atoms with Gasteiger partial charge in [0.1, 0.15) is 0 Å². The summed E-state index contributed by atoms with van der Waals surface area (Å²) >= 11 is 1.26. The highest BCUT2D eigenvalue weighted by Crippen LogP contribution is 2.13. The van der Waals surface area contributed by atoms with Gasteiger partial charge in [0.05, 0.1) is 11.5 Å². The molecule has 1 saturated heterocycles. The Hall–Kier alpha value is -1.12. The minimum Gasteiger partial charge on any atom is -0.481 e. The van der Waals surface area contributed by atoms with Crippen molar-refractivity contribution >= 4 is 17.7 Å². The fourth-order valence-electron chi connectivity index (χ4n) is 2.19. The van der Waals surface area contributed by atoms with Gasteiger partial charge in [-0.25, -0.2) is 0 Å². The molecule has 1 aromatic rings. The molecule has 1 atom stereocenters. The molecule has 1 unspecified atom stereocenters. The number of piperazine rings is 1. The first-order valence-electron chi connectivity index (χ1n) is 6.54. The van der Waals surface area contributed by atoms with Crippen LogP contribution in [0.1, 0.15) is 11.7 Å². The van der Waals surface area contributed by atoms with Gasteiger partial charge in [0.25, 0.3) is 0 Å². The molecule has 7 nitrogen and oxygen atoms in total. The SMILES string of the molecule is CN1CCN(C)C(Cc2noc(CSCC(=O)O)n2)C1. The van der Waals surface area contributed by atoms with Gasteiger partial charge < -0.3 is 19.4 Å². The molecule has 0 saturated carbocycles. The minimum absolute atomic E-state index is 0.0495. The second kappa shape index (κ2) is 7.05. The van der Waals surface area contributed by atoms with E-state index >= 15 is 0 Å². The fourth-order valence-corrected chi connectivity index (χ4v) is 2.76. The van der Waals surface area contributed by atoms with E-state index in [1.807, 2.05) is 0 Å². The molecule has 8 heteroatoms. The molecule has 112 valence electrons. The van der Waals surface area contributed by atoms with Gasteiger partial charge in [-0.15, -0.1) is 11.8 Å². The number of likely N-dealkylation sites (N-methyl/N-ethyl adjacent to an activating group) is 2. The Kier molecular flexibility index (Phi) is 5.38. The molecule has 1 fully saturated rings. The number of rotatable bonds is 6. The predicted molar refractivity (Wildman–Crippen MR) is 75.7 cm³/mol. The molecule has 0 amide bonds. The van der Waals surface area contributed by atoms with E-state index in [9.17, 15) is 4.79 Å². The molecule has 0 aromatic carbocycles. The second-order valence-corrected chi connectivity index (χ2v) is 6.08. The Morgan fingerprint density at radius 2 is 2.30 bits per heavy atom. The number of nitrogens with zero attached hydrogens (tertiary/aromatic N) is 4. The summed E-state index contributed by atoms with van der Waals surface area (Å²) in [5, 5.41) is 12.5. The molecular formula is C12H20N4O3S. The highest BCUT2D eigenvalue weighted by molar-refractivity contribution is 7.99. The van der Waals surface area contributed by atoms with Crippen LogP contribution in [0.2, 0.25) is 0 Å². The third-order valence-electron chi connectivity index (χ3n) is 3.36. The van der Waals surface area contributed by atoms with Crippen LogP contribution < -0.4 is 0 Å². The second-order valence-electron chi connectivity index (χ2n) is 5.09. The standard InChI is InChI=1S/C12H20N4O3S/c1-15-3-4-16(2)9(6-15)5-10-13-11(19-14-10)7-20-8-12(17)18/h9H,3-8H2,1-2H3,(H,17,18). The first-order chi connectivity index (χ1) is 9.54. The number of aliphatic carboxylic acids is 1. The first-order valence-corrected chi connectivity index (χ1v) is 7.70. The largest absolute Gasteiger partial charge is 0.481 e. The van der Waals surface area contributed by atoms with Crippen LogP contribution in [0.4, 0.5) is 0 Å². The topological polar surface area (TPSA) is 82.7 Å². The highest BCUT2D eigenvalue weighted by atomic mass is 32.2. The summed E-state index contributed by atoms with van der Waals surface area (Å²) in [6.07, 6.45) is 0.758. The maximum Gasteiger partial charge on any atom is 0.313 e. The molecule has 1 aliphatic heterocycles. The Morgan fingerprint density at radius 3 is 3.05 bits per heavy atom. The monoisotopic (exact) mass is 300 g/mol. The van der Waals surface area contributed by atoms with E-state index in [0.29, 0.717) is 23.5 Å². The predicted octanol–water partition coefficient (Wildman–Crippen LogP) is 0.176. The minimum atomic E-state index is -0.832. The average Bonchev–Trinajstić information content (AvgIpc) is 2.81. The highest BCUT2D eigenvalue weighted by Gasteiger charge is 2.24. The van der Waals surface area contributed by atoms with E-state index in [-0.39, 0.29) is 5.75 Å². The number of carboxylic acids is 1. The zero-order chi connectivity index (χ0) is 14.5. The average molecular weight is 300 g/mol. The summed E-state index contributed by atoms with van der Waals surface area (Å²) in [5.74, 6) is 0.857. The first kappa shape index (κ1) is 15.3. The van der Waals surface area contributed by atoms with E-state index in [4.69, 9.17) is 9.63 Å². The zero-order valence-corrected chi connectivity index (χ0v) is 12.6. The van der Waals surface area contributed by atoms with Gasteiger partial charge in [-0.3, -0.25) is 4.79 Å². The number of aromatic nitrogens is 2. The van der Waals surface area contributed by atoms with Crippen molar-refractivity contribution in [2.75, 3.05) is 39.5 Å². The van der Waals surface area contributed by atoms with Gasteiger partial charge in [0.2, 0.25) is 5.89 Å². The lowest BCUT2D eigenvalue weighted by atomic mass is 10.1. The van der Waals surface area contributed by atoms with Crippen LogP contribution in [0.15, 0.2) is 4.52 Å².